The zero-order chi connectivity index (χ0) is 42.7. The number of aromatic amines is 3. The van der Waals surface area contributed by atoms with Crippen LogP contribution in [0, 0.1) is 0 Å². The highest BCUT2D eigenvalue weighted by Gasteiger charge is 2.46. The van der Waals surface area contributed by atoms with Crippen LogP contribution in [0.25, 0.3) is 22.3 Å². The standard InChI is InChI=1S/C28H36N14O16P2/c29-25-34-9-42(28(47)39-25)18-3-12(58-60(50,51)54-5-14-11(44)2-17(56-14)41-8-33-20-22(41)36-27(31)38-24(20)46)15(57-18)6-53-59(48,49)52-4-13-10(43)1-16(55-13)40-7-32-19-21(40)35-26(30)37-23(19)45/h7-18,43-44H,1-6H2,(H10,29,30,31,35,36,37,38,39,45,46,47,48,49,50,51)/p+1. The molecule has 0 aromatic carbocycles. The lowest BCUT2D eigenvalue weighted by atomic mass is 10.2. The molecule has 3 aliphatic heterocycles. The zero-order valence-corrected chi connectivity index (χ0v) is 32.4. The van der Waals surface area contributed by atoms with Gasteiger partial charge in [0.25, 0.3) is 17.1 Å². The maximum absolute atomic E-state index is 13.3. The lowest BCUT2D eigenvalue weighted by Crippen LogP contribution is -2.39. The summed E-state index contributed by atoms with van der Waals surface area (Å²) in [4.78, 5) is 85.1. The minimum absolute atomic E-state index is 0.0341. The molecule has 32 heteroatoms. The molecular weight excluding hydrogens is 850 g/mol. The van der Waals surface area contributed by atoms with Gasteiger partial charge >= 0.3 is 27.0 Å². The third-order valence-electron chi connectivity index (χ3n) is 9.70. The number of phosphoric acid groups is 2. The van der Waals surface area contributed by atoms with Crippen molar-refractivity contribution < 1.29 is 66.0 Å². The Morgan fingerprint density at radius 2 is 1.40 bits per heavy atom. The SMILES string of the molecule is Nc1ncn(C2CC(OP(=O)(O)OCC3OC([n+]4c[nH]c5c(=O)[nH]c(N)nc54)CC3O)C(COP(=O)(O)OCC3OC(n4cnc5c(=O)[nH]c(N)nc54)CC3O)O2)c(=O)n1. The maximum atomic E-state index is 13.3. The first-order valence-corrected chi connectivity index (χ1v) is 20.7. The van der Waals surface area contributed by atoms with Crippen LogP contribution in [-0.2, 0) is 41.4 Å². The van der Waals surface area contributed by atoms with Gasteiger partial charge in [-0.1, -0.05) is 4.98 Å². The number of ether oxygens (including phenoxy) is 3. The Bertz CT molecular complexity index is 2690. The fraction of sp³-hybridized carbons (Fsp3) is 0.536. The number of hydrogen-bond acceptors (Lipinski definition) is 22. The van der Waals surface area contributed by atoms with Crippen LogP contribution in [0.5, 0.6) is 0 Å². The molecule has 0 aliphatic carbocycles. The van der Waals surface area contributed by atoms with E-state index in [0.717, 1.165) is 10.9 Å². The van der Waals surface area contributed by atoms with Crippen molar-refractivity contribution in [2.24, 2.45) is 0 Å². The van der Waals surface area contributed by atoms with Gasteiger partial charge < -0.3 is 51.4 Å². The number of nitrogens with one attached hydrogen (secondary N) is 3. The second-order valence-electron chi connectivity index (χ2n) is 13.7. The predicted molar refractivity (Wildman–Crippen MR) is 195 cm³/mol. The van der Waals surface area contributed by atoms with Crippen LogP contribution in [0.4, 0.5) is 17.8 Å². The van der Waals surface area contributed by atoms with Crippen molar-refractivity contribution in [1.29, 1.82) is 0 Å². The number of H-pyrrole nitrogens is 3. The summed E-state index contributed by atoms with van der Waals surface area (Å²) in [5.41, 5.74) is 15.0. The molecule has 0 saturated carbocycles. The second-order valence-corrected chi connectivity index (χ2v) is 16.6. The molecule has 60 heavy (non-hydrogen) atoms. The van der Waals surface area contributed by atoms with E-state index in [2.05, 4.69) is 39.9 Å². The number of aliphatic hydroxyl groups excluding tert-OH is 2. The normalized spacial score (nSPS) is 29.0. The molecule has 5 aromatic heterocycles. The van der Waals surface area contributed by atoms with Crippen LogP contribution in [-0.4, -0.2) is 125 Å². The molecule has 3 aliphatic rings. The van der Waals surface area contributed by atoms with E-state index >= 15 is 0 Å². The first-order valence-electron chi connectivity index (χ1n) is 17.7. The zero-order valence-electron chi connectivity index (χ0n) is 30.6. The number of nitrogens with zero attached hydrogens (tertiary/aromatic N) is 8. The molecule has 0 amide bonds. The van der Waals surface area contributed by atoms with Crippen molar-refractivity contribution in [2.45, 2.75) is 74.6 Å². The minimum Gasteiger partial charge on any atom is -0.390 e. The van der Waals surface area contributed by atoms with Crippen molar-refractivity contribution in [1.82, 2.24) is 49.0 Å². The third-order valence-corrected chi connectivity index (χ3v) is 11.7. The average molecular weight is 888 g/mol. The molecule has 11 unspecified atom stereocenters. The van der Waals surface area contributed by atoms with Gasteiger partial charge in [-0.05, 0) is 0 Å². The fourth-order valence-electron chi connectivity index (χ4n) is 6.86. The van der Waals surface area contributed by atoms with Gasteiger partial charge in [-0.15, -0.1) is 0 Å². The largest absolute Gasteiger partial charge is 0.472 e. The Hall–Kier alpha value is -5.07. The van der Waals surface area contributed by atoms with Crippen molar-refractivity contribution >= 4 is 55.8 Å². The van der Waals surface area contributed by atoms with Crippen LogP contribution < -0.4 is 38.6 Å². The van der Waals surface area contributed by atoms with E-state index in [1.807, 2.05) is 0 Å². The Labute approximate surface area is 332 Å². The molecule has 11 atom stereocenters. The Kier molecular flexibility index (Phi) is 11.2. The van der Waals surface area contributed by atoms with Gasteiger partial charge in [-0.2, -0.15) is 9.97 Å². The van der Waals surface area contributed by atoms with Gasteiger partial charge in [0.1, 0.15) is 43.2 Å². The quantitative estimate of drug-likeness (QED) is 0.0379. The van der Waals surface area contributed by atoms with Crippen LogP contribution in [0.1, 0.15) is 37.9 Å². The summed E-state index contributed by atoms with van der Waals surface area (Å²) in [6.45, 7) is -2.17. The molecule has 8 heterocycles. The molecule has 0 spiro atoms. The average Bonchev–Trinajstić information content (AvgIpc) is 4.00. The topological polar surface area (TPSA) is 434 Å². The summed E-state index contributed by atoms with van der Waals surface area (Å²) in [7, 11) is -10.1. The van der Waals surface area contributed by atoms with E-state index in [1.165, 1.54) is 21.8 Å². The number of aliphatic hydroxyl groups is 2. The van der Waals surface area contributed by atoms with Crippen molar-refractivity contribution in [3.8, 4) is 0 Å². The molecule has 8 rings (SSSR count). The molecule has 3 saturated heterocycles. The number of fused-ring (bicyclic) bond motifs is 2. The van der Waals surface area contributed by atoms with E-state index in [0.29, 0.717) is 0 Å². The van der Waals surface area contributed by atoms with Crippen molar-refractivity contribution in [3.63, 3.8) is 0 Å². The number of imidazole rings is 2. The molecule has 324 valence electrons. The summed E-state index contributed by atoms with van der Waals surface area (Å²) < 4.78 is 68.3. The summed E-state index contributed by atoms with van der Waals surface area (Å²) in [6.07, 6.45) is -7.59. The van der Waals surface area contributed by atoms with E-state index in [-0.39, 0.29) is 59.4 Å². The number of aromatic nitrogens is 11. The highest BCUT2D eigenvalue weighted by molar-refractivity contribution is 7.47. The first-order chi connectivity index (χ1) is 28.4. The Morgan fingerprint density at radius 3 is 2.15 bits per heavy atom. The molecule has 0 radical (unpaired) electrons. The van der Waals surface area contributed by atoms with Crippen LogP contribution in [0.2, 0.25) is 0 Å². The number of anilines is 3. The highest BCUT2D eigenvalue weighted by Crippen LogP contribution is 2.50. The number of rotatable bonds is 14. The van der Waals surface area contributed by atoms with Gasteiger partial charge in [0, 0.05) is 19.3 Å². The molecule has 13 N–H and O–H groups in total. The summed E-state index contributed by atoms with van der Waals surface area (Å²) in [6, 6.07) is 0. The lowest BCUT2D eigenvalue weighted by molar-refractivity contribution is -0.738. The van der Waals surface area contributed by atoms with E-state index in [9.17, 15) is 43.5 Å². The van der Waals surface area contributed by atoms with E-state index < -0.39 is 108 Å². The first kappa shape index (κ1) is 41.7. The highest BCUT2D eigenvalue weighted by atomic mass is 31.2. The third kappa shape index (κ3) is 8.59. The van der Waals surface area contributed by atoms with Crippen LogP contribution >= 0.6 is 15.6 Å². The maximum Gasteiger partial charge on any atom is 0.472 e. The molecule has 3 fully saturated rings. The molecule has 0 bridgehead atoms. The summed E-state index contributed by atoms with van der Waals surface area (Å²) in [5.74, 6) is -0.692. The summed E-state index contributed by atoms with van der Waals surface area (Å²) >= 11 is 0. The van der Waals surface area contributed by atoms with Gasteiger partial charge in [0.05, 0.1) is 38.4 Å². The van der Waals surface area contributed by atoms with Gasteiger partial charge in [0.15, 0.2) is 23.7 Å². The number of hydrogen-bond donors (Lipinski definition) is 10. The molecule has 5 aromatic rings. The van der Waals surface area contributed by atoms with Gasteiger partial charge in [-0.3, -0.25) is 51.8 Å². The van der Waals surface area contributed by atoms with Gasteiger partial charge in [0.2, 0.25) is 17.4 Å². The van der Waals surface area contributed by atoms with Crippen molar-refractivity contribution in [3.05, 3.63) is 50.2 Å². The fourth-order valence-corrected chi connectivity index (χ4v) is 8.57. The lowest BCUT2D eigenvalue weighted by Gasteiger charge is -2.23. The van der Waals surface area contributed by atoms with Crippen LogP contribution in [0.3, 0.4) is 0 Å². The second kappa shape index (κ2) is 16.1. The Morgan fingerprint density at radius 1 is 0.783 bits per heavy atom. The molecular formula is C28H37N14O16P2+. The molecule has 30 nitrogen and oxygen atoms in total. The number of nitrogens with two attached hydrogens (primary N) is 3. The van der Waals surface area contributed by atoms with Crippen LogP contribution in [0.15, 0.2) is 33.4 Å². The van der Waals surface area contributed by atoms with Crippen molar-refractivity contribution in [2.75, 3.05) is 37.0 Å². The monoisotopic (exact) mass is 887 g/mol. The predicted octanol–water partition coefficient (Wildman–Crippen LogP) is -3.71. The Balaban J connectivity index is 0.899. The van der Waals surface area contributed by atoms with E-state index in [1.54, 1.807) is 0 Å². The number of phosphoric ester groups is 2. The number of nitrogen functional groups attached to an aromatic ring is 3. The smallest absolute Gasteiger partial charge is 0.390 e. The van der Waals surface area contributed by atoms with Gasteiger partial charge in [-0.25, -0.2) is 28.5 Å². The summed E-state index contributed by atoms with van der Waals surface area (Å²) in [5, 5.41) is 21.4. The van der Waals surface area contributed by atoms with E-state index in [4.69, 9.17) is 49.5 Å². The minimum atomic E-state index is -5.07.